The summed E-state index contributed by atoms with van der Waals surface area (Å²) in [6.07, 6.45) is 9.31. The second-order valence-electron chi connectivity index (χ2n) is 8.33. The maximum Gasteiger partial charge on any atom is 0.327 e. The maximum absolute atomic E-state index is 12.2. The van der Waals surface area contributed by atoms with Crippen LogP contribution in [0.5, 0.6) is 0 Å². The van der Waals surface area contributed by atoms with E-state index in [9.17, 15) is 9.59 Å². The molecule has 1 saturated heterocycles. The first-order valence-corrected chi connectivity index (χ1v) is 10.3. The number of fused-ring (bicyclic) bond motifs is 1. The van der Waals surface area contributed by atoms with Crippen molar-refractivity contribution in [2.24, 2.45) is 5.41 Å². The molecule has 3 heterocycles. The second kappa shape index (κ2) is 10.8. The Hall–Kier alpha value is -2.81. The van der Waals surface area contributed by atoms with Crippen LogP contribution in [0.4, 0.5) is 5.82 Å². The van der Waals surface area contributed by atoms with E-state index in [-0.39, 0.29) is 5.91 Å². The SMILES string of the molecule is C=CC(=O)O.CC(C)(C)C(=O)Nc1ncnc2c1cnn2CCN1CCCCCC1. The van der Waals surface area contributed by atoms with Crippen molar-refractivity contribution < 1.29 is 14.7 Å². The summed E-state index contributed by atoms with van der Waals surface area (Å²) >= 11 is 0. The summed E-state index contributed by atoms with van der Waals surface area (Å²) in [7, 11) is 0. The van der Waals surface area contributed by atoms with E-state index in [4.69, 9.17) is 5.11 Å². The van der Waals surface area contributed by atoms with Gasteiger partial charge in [-0.1, -0.05) is 40.2 Å². The lowest BCUT2D eigenvalue weighted by molar-refractivity contribution is -0.131. The number of hydrogen-bond acceptors (Lipinski definition) is 6. The van der Waals surface area contributed by atoms with Gasteiger partial charge in [-0.15, -0.1) is 0 Å². The van der Waals surface area contributed by atoms with E-state index >= 15 is 0 Å². The monoisotopic (exact) mass is 416 g/mol. The standard InChI is InChI=1S/C18H28N6O.C3H4O2/c1-18(2,3)17(25)22-15-14-12-21-24(16(14)20-13-19-15)11-10-23-8-6-4-5-7-9-23;1-2-3(4)5/h12-13H,4-11H2,1-3H3,(H,19,20,22,25);2H,1H2,(H,4,5). The van der Waals surface area contributed by atoms with E-state index < -0.39 is 11.4 Å². The lowest BCUT2D eigenvalue weighted by Crippen LogP contribution is -2.29. The third-order valence-corrected chi connectivity index (χ3v) is 4.85. The fraction of sp³-hybridized carbons (Fsp3) is 0.571. The zero-order chi connectivity index (χ0) is 22.1. The van der Waals surface area contributed by atoms with Crippen molar-refractivity contribution in [3.8, 4) is 0 Å². The first kappa shape index (κ1) is 23.5. The molecule has 0 spiro atoms. The lowest BCUT2D eigenvalue weighted by Gasteiger charge is -2.19. The molecule has 0 radical (unpaired) electrons. The molecular formula is C21H32N6O3. The summed E-state index contributed by atoms with van der Waals surface area (Å²) in [6.45, 7) is 12.7. The quantitative estimate of drug-likeness (QED) is 0.720. The van der Waals surface area contributed by atoms with Gasteiger partial charge in [0.2, 0.25) is 5.91 Å². The zero-order valence-corrected chi connectivity index (χ0v) is 18.1. The third kappa shape index (κ3) is 6.91. The Morgan fingerprint density at radius 1 is 1.17 bits per heavy atom. The van der Waals surface area contributed by atoms with Crippen molar-refractivity contribution in [3.05, 3.63) is 25.2 Å². The van der Waals surface area contributed by atoms with Crippen molar-refractivity contribution in [3.63, 3.8) is 0 Å². The number of carboxylic acid groups (broad SMARTS) is 1. The number of carbonyl (C=O) groups is 2. The number of amides is 1. The molecule has 1 amide bonds. The molecule has 1 aliphatic heterocycles. The van der Waals surface area contributed by atoms with E-state index in [1.807, 2.05) is 25.5 Å². The van der Waals surface area contributed by atoms with Crippen LogP contribution in [-0.2, 0) is 16.1 Å². The Morgan fingerprint density at radius 2 is 1.80 bits per heavy atom. The normalized spacial score (nSPS) is 15.0. The fourth-order valence-electron chi connectivity index (χ4n) is 3.05. The predicted octanol–water partition coefficient (Wildman–Crippen LogP) is 2.94. The molecule has 1 aliphatic rings. The van der Waals surface area contributed by atoms with Gasteiger partial charge in [0.1, 0.15) is 12.1 Å². The largest absolute Gasteiger partial charge is 0.478 e. The minimum Gasteiger partial charge on any atom is -0.478 e. The van der Waals surface area contributed by atoms with E-state index in [0.29, 0.717) is 5.82 Å². The Kier molecular flexibility index (Phi) is 8.46. The molecule has 9 heteroatoms. The number of carboxylic acids is 1. The minimum atomic E-state index is -0.981. The summed E-state index contributed by atoms with van der Waals surface area (Å²) in [5.41, 5.74) is 0.300. The topological polar surface area (TPSA) is 113 Å². The molecule has 0 bridgehead atoms. The smallest absolute Gasteiger partial charge is 0.327 e. The van der Waals surface area contributed by atoms with Gasteiger partial charge in [0.15, 0.2) is 5.65 Å². The van der Waals surface area contributed by atoms with Crippen LogP contribution < -0.4 is 5.32 Å². The highest BCUT2D eigenvalue weighted by Crippen LogP contribution is 2.22. The highest BCUT2D eigenvalue weighted by molar-refractivity contribution is 6.00. The zero-order valence-electron chi connectivity index (χ0n) is 18.1. The van der Waals surface area contributed by atoms with Gasteiger partial charge in [-0.05, 0) is 25.9 Å². The van der Waals surface area contributed by atoms with Crippen LogP contribution in [0.15, 0.2) is 25.2 Å². The molecular weight excluding hydrogens is 384 g/mol. The number of anilines is 1. The van der Waals surface area contributed by atoms with Crippen LogP contribution in [0.25, 0.3) is 11.0 Å². The van der Waals surface area contributed by atoms with E-state index in [1.165, 1.54) is 45.1 Å². The number of aromatic nitrogens is 4. The first-order chi connectivity index (χ1) is 14.2. The van der Waals surface area contributed by atoms with Crippen LogP contribution >= 0.6 is 0 Å². The van der Waals surface area contributed by atoms with Gasteiger partial charge in [0.25, 0.3) is 0 Å². The van der Waals surface area contributed by atoms with Gasteiger partial charge in [0, 0.05) is 18.0 Å². The summed E-state index contributed by atoms with van der Waals surface area (Å²) < 4.78 is 1.91. The molecule has 0 aliphatic carbocycles. The summed E-state index contributed by atoms with van der Waals surface area (Å²) in [5, 5.41) is 15.8. The van der Waals surface area contributed by atoms with Gasteiger partial charge >= 0.3 is 5.97 Å². The summed E-state index contributed by atoms with van der Waals surface area (Å²) in [6, 6.07) is 0. The number of rotatable bonds is 5. The minimum absolute atomic E-state index is 0.0650. The average Bonchev–Trinajstić information content (AvgIpc) is 2.93. The van der Waals surface area contributed by atoms with E-state index in [2.05, 4.69) is 31.9 Å². The van der Waals surface area contributed by atoms with Gasteiger partial charge in [-0.2, -0.15) is 5.10 Å². The highest BCUT2D eigenvalue weighted by Gasteiger charge is 2.23. The lowest BCUT2D eigenvalue weighted by atomic mass is 9.96. The van der Waals surface area contributed by atoms with Crippen molar-refractivity contribution in [2.45, 2.75) is 53.0 Å². The predicted molar refractivity (Wildman–Crippen MR) is 116 cm³/mol. The molecule has 2 N–H and O–H groups in total. The van der Waals surface area contributed by atoms with Crippen molar-refractivity contribution in [1.82, 2.24) is 24.6 Å². The molecule has 0 unspecified atom stereocenters. The molecule has 3 rings (SSSR count). The Labute approximate surface area is 177 Å². The molecule has 0 aromatic carbocycles. The van der Waals surface area contributed by atoms with Crippen LogP contribution in [0.3, 0.4) is 0 Å². The van der Waals surface area contributed by atoms with Gasteiger partial charge < -0.3 is 15.3 Å². The Morgan fingerprint density at radius 3 is 2.37 bits per heavy atom. The fourth-order valence-corrected chi connectivity index (χ4v) is 3.05. The molecule has 1 fully saturated rings. The van der Waals surface area contributed by atoms with Crippen molar-refractivity contribution in [1.29, 1.82) is 0 Å². The van der Waals surface area contributed by atoms with Crippen LogP contribution in [-0.4, -0.2) is 61.3 Å². The molecule has 9 nitrogen and oxygen atoms in total. The molecule has 0 saturated carbocycles. The van der Waals surface area contributed by atoms with E-state index in [1.54, 1.807) is 6.20 Å². The van der Waals surface area contributed by atoms with Crippen molar-refractivity contribution in [2.75, 3.05) is 25.0 Å². The second-order valence-corrected chi connectivity index (χ2v) is 8.33. The van der Waals surface area contributed by atoms with E-state index in [0.717, 1.165) is 30.2 Å². The number of carbonyl (C=O) groups excluding carboxylic acids is 1. The number of nitrogens with zero attached hydrogens (tertiary/aromatic N) is 5. The third-order valence-electron chi connectivity index (χ3n) is 4.85. The van der Waals surface area contributed by atoms with Crippen LogP contribution in [0.2, 0.25) is 0 Å². The van der Waals surface area contributed by atoms with Gasteiger partial charge in [0.05, 0.1) is 18.1 Å². The molecule has 2 aromatic heterocycles. The number of aliphatic carboxylic acids is 1. The highest BCUT2D eigenvalue weighted by atomic mass is 16.4. The van der Waals surface area contributed by atoms with Gasteiger partial charge in [-0.3, -0.25) is 4.79 Å². The van der Waals surface area contributed by atoms with Crippen LogP contribution in [0.1, 0.15) is 46.5 Å². The molecule has 0 atom stereocenters. The number of hydrogen-bond donors (Lipinski definition) is 2. The summed E-state index contributed by atoms with van der Waals surface area (Å²) in [4.78, 5) is 32.6. The molecule has 30 heavy (non-hydrogen) atoms. The van der Waals surface area contributed by atoms with Crippen LogP contribution in [0, 0.1) is 5.41 Å². The Balaban J connectivity index is 0.000000575. The molecule has 2 aromatic rings. The summed E-state index contributed by atoms with van der Waals surface area (Å²) in [5.74, 6) is -0.513. The maximum atomic E-state index is 12.2. The Bertz CT molecular complexity index is 863. The van der Waals surface area contributed by atoms with Gasteiger partial charge in [-0.25, -0.2) is 19.4 Å². The number of nitrogens with one attached hydrogen (secondary N) is 1. The number of likely N-dealkylation sites (tertiary alicyclic amines) is 1. The average molecular weight is 417 g/mol. The van der Waals surface area contributed by atoms with Crippen molar-refractivity contribution >= 4 is 28.7 Å². The first-order valence-electron chi connectivity index (χ1n) is 10.3. The molecule has 164 valence electrons.